The van der Waals surface area contributed by atoms with Crippen molar-refractivity contribution in [2.45, 2.75) is 13.8 Å². The van der Waals surface area contributed by atoms with Gasteiger partial charge in [-0.2, -0.15) is 0 Å². The maximum absolute atomic E-state index is 12.5. The molecule has 4 aromatic rings. The molecule has 178 valence electrons. The van der Waals surface area contributed by atoms with E-state index in [1.807, 2.05) is 68.4 Å². The van der Waals surface area contributed by atoms with Crippen molar-refractivity contribution in [2.75, 3.05) is 25.1 Å². The van der Waals surface area contributed by atoms with Gasteiger partial charge >= 0.3 is 0 Å². The number of pyridine rings is 1. The van der Waals surface area contributed by atoms with Gasteiger partial charge in [0.1, 0.15) is 0 Å². The number of hydrogen-bond acceptors (Lipinski definition) is 5. The first-order chi connectivity index (χ1) is 17.1. The summed E-state index contributed by atoms with van der Waals surface area (Å²) >= 11 is 0. The molecule has 0 unspecified atom stereocenters. The van der Waals surface area contributed by atoms with Crippen LogP contribution in [0, 0.1) is 0 Å². The van der Waals surface area contributed by atoms with Gasteiger partial charge in [-0.1, -0.05) is 30.3 Å². The third-order valence-electron chi connectivity index (χ3n) is 5.34. The van der Waals surface area contributed by atoms with Crippen LogP contribution in [0.1, 0.15) is 24.2 Å². The number of nitrogens with zero attached hydrogens (tertiary/aromatic N) is 1. The molecule has 0 bridgehead atoms. The maximum Gasteiger partial charge on any atom is 0.251 e. The molecule has 35 heavy (non-hydrogen) atoms. The molecule has 3 aromatic carbocycles. The van der Waals surface area contributed by atoms with E-state index >= 15 is 0 Å². The Kier molecular flexibility index (Phi) is 7.57. The molecule has 7 heteroatoms. The number of ether oxygens (including phenoxy) is 2. The summed E-state index contributed by atoms with van der Waals surface area (Å²) in [4.78, 5) is 29.4. The van der Waals surface area contributed by atoms with E-state index in [2.05, 4.69) is 15.6 Å². The molecule has 4 rings (SSSR count). The van der Waals surface area contributed by atoms with Gasteiger partial charge in [-0.15, -0.1) is 0 Å². The minimum atomic E-state index is -0.371. The van der Waals surface area contributed by atoms with Gasteiger partial charge in [0.05, 0.1) is 25.3 Å². The van der Waals surface area contributed by atoms with Crippen LogP contribution in [0.15, 0.2) is 79.0 Å². The molecule has 7 nitrogen and oxygen atoms in total. The molecule has 2 amide bonds. The average Bonchev–Trinajstić information content (AvgIpc) is 2.89. The zero-order valence-electron chi connectivity index (χ0n) is 19.7. The van der Waals surface area contributed by atoms with E-state index in [4.69, 9.17) is 9.47 Å². The second-order valence-electron chi connectivity index (χ2n) is 7.71. The lowest BCUT2D eigenvalue weighted by atomic mass is 10.0. The van der Waals surface area contributed by atoms with E-state index < -0.39 is 0 Å². The summed E-state index contributed by atoms with van der Waals surface area (Å²) in [7, 11) is 0. The molecule has 0 aliphatic heterocycles. The Balaban J connectivity index is 1.37. The van der Waals surface area contributed by atoms with Crippen LogP contribution in [0.4, 0.5) is 5.69 Å². The number of hydrogen-bond donors (Lipinski definition) is 2. The Morgan fingerprint density at radius 3 is 2.37 bits per heavy atom. The minimum absolute atomic E-state index is 0.160. The number of amides is 2. The Bertz CT molecular complexity index is 1330. The van der Waals surface area contributed by atoms with Crippen molar-refractivity contribution in [3.8, 4) is 22.6 Å². The van der Waals surface area contributed by atoms with E-state index in [0.717, 1.165) is 22.0 Å². The van der Waals surface area contributed by atoms with Gasteiger partial charge in [0, 0.05) is 22.8 Å². The van der Waals surface area contributed by atoms with Crippen LogP contribution >= 0.6 is 0 Å². The molecule has 0 spiro atoms. The van der Waals surface area contributed by atoms with Crippen molar-refractivity contribution in [1.82, 2.24) is 10.3 Å². The van der Waals surface area contributed by atoms with E-state index in [1.165, 1.54) is 0 Å². The van der Waals surface area contributed by atoms with Crippen molar-refractivity contribution < 1.29 is 19.1 Å². The molecule has 0 saturated carbocycles. The Labute approximate surface area is 204 Å². The van der Waals surface area contributed by atoms with Gasteiger partial charge in [-0.05, 0) is 67.4 Å². The van der Waals surface area contributed by atoms with Crippen LogP contribution < -0.4 is 20.1 Å². The Morgan fingerprint density at radius 1 is 0.857 bits per heavy atom. The predicted octanol–water partition coefficient (Wildman–Crippen LogP) is 5.07. The summed E-state index contributed by atoms with van der Waals surface area (Å²) in [5, 5.41) is 6.52. The zero-order valence-corrected chi connectivity index (χ0v) is 19.7. The normalized spacial score (nSPS) is 10.6. The molecule has 0 aliphatic carbocycles. The fourth-order valence-corrected chi connectivity index (χ4v) is 3.74. The smallest absolute Gasteiger partial charge is 0.251 e. The molecule has 2 N–H and O–H groups in total. The Morgan fingerprint density at radius 2 is 1.60 bits per heavy atom. The number of fused-ring (bicyclic) bond motifs is 1. The van der Waals surface area contributed by atoms with Crippen molar-refractivity contribution in [3.63, 3.8) is 0 Å². The number of anilines is 1. The monoisotopic (exact) mass is 469 g/mol. The van der Waals surface area contributed by atoms with Gasteiger partial charge in [0.15, 0.2) is 11.5 Å². The SMILES string of the molecule is CCOc1ccc(C(=O)NCC(=O)Nc2ccc(-c3ccnc4ccccc34)cc2)cc1OCC. The molecule has 0 radical (unpaired) electrons. The number of para-hydroxylation sites is 1. The third kappa shape index (κ3) is 5.76. The van der Waals surface area contributed by atoms with Gasteiger partial charge in [0.2, 0.25) is 5.91 Å². The van der Waals surface area contributed by atoms with E-state index in [1.54, 1.807) is 24.4 Å². The highest BCUT2D eigenvalue weighted by atomic mass is 16.5. The lowest BCUT2D eigenvalue weighted by molar-refractivity contribution is -0.115. The second kappa shape index (κ2) is 11.2. The van der Waals surface area contributed by atoms with Crippen molar-refractivity contribution in [3.05, 3.63) is 84.6 Å². The predicted molar refractivity (Wildman–Crippen MR) is 137 cm³/mol. The van der Waals surface area contributed by atoms with Gasteiger partial charge in [-0.3, -0.25) is 14.6 Å². The maximum atomic E-state index is 12.5. The first kappa shape index (κ1) is 23.8. The Hall–Kier alpha value is -4.39. The minimum Gasteiger partial charge on any atom is -0.490 e. The topological polar surface area (TPSA) is 89.5 Å². The highest BCUT2D eigenvalue weighted by Gasteiger charge is 2.13. The summed E-state index contributed by atoms with van der Waals surface area (Å²) in [5.41, 5.74) is 4.06. The summed E-state index contributed by atoms with van der Waals surface area (Å²) in [5.74, 6) is 0.376. The number of aromatic nitrogens is 1. The third-order valence-corrected chi connectivity index (χ3v) is 5.34. The zero-order chi connectivity index (χ0) is 24.6. The van der Waals surface area contributed by atoms with Crippen LogP contribution in [-0.4, -0.2) is 36.6 Å². The highest BCUT2D eigenvalue weighted by Crippen LogP contribution is 2.29. The van der Waals surface area contributed by atoms with Crippen molar-refractivity contribution in [1.29, 1.82) is 0 Å². The summed E-state index contributed by atoms with van der Waals surface area (Å²) in [6, 6.07) is 22.5. The van der Waals surface area contributed by atoms with Crippen molar-refractivity contribution in [2.24, 2.45) is 0 Å². The van der Waals surface area contributed by atoms with E-state index in [9.17, 15) is 9.59 Å². The standard InChI is InChI=1S/C28H27N3O4/c1-3-34-25-14-11-20(17-26(25)35-4-2)28(33)30-18-27(32)31-21-12-9-19(10-13-21)22-15-16-29-24-8-6-5-7-23(22)24/h5-17H,3-4,18H2,1-2H3,(H,30,33)(H,31,32). The molecule has 0 aliphatic rings. The van der Waals surface area contributed by atoms with Gasteiger partial charge in [-0.25, -0.2) is 0 Å². The van der Waals surface area contributed by atoms with E-state index in [0.29, 0.717) is 36.0 Å². The molecule has 1 heterocycles. The highest BCUT2D eigenvalue weighted by molar-refractivity contribution is 6.00. The largest absolute Gasteiger partial charge is 0.490 e. The summed E-state index contributed by atoms with van der Waals surface area (Å²) in [6.45, 7) is 4.52. The number of carbonyl (C=O) groups is 2. The van der Waals surface area contributed by atoms with E-state index in [-0.39, 0.29) is 18.4 Å². The van der Waals surface area contributed by atoms with Crippen LogP contribution in [0.5, 0.6) is 11.5 Å². The lowest BCUT2D eigenvalue weighted by Gasteiger charge is -2.12. The molecule has 1 aromatic heterocycles. The second-order valence-corrected chi connectivity index (χ2v) is 7.71. The molecule has 0 fully saturated rings. The van der Waals surface area contributed by atoms with Gasteiger partial charge in [0.25, 0.3) is 5.91 Å². The number of rotatable bonds is 9. The average molecular weight is 470 g/mol. The first-order valence-corrected chi connectivity index (χ1v) is 11.5. The fraction of sp³-hybridized carbons (Fsp3) is 0.179. The number of carbonyl (C=O) groups excluding carboxylic acids is 2. The number of nitrogens with one attached hydrogen (secondary N) is 2. The van der Waals surface area contributed by atoms with Crippen LogP contribution in [-0.2, 0) is 4.79 Å². The molecular weight excluding hydrogens is 442 g/mol. The van der Waals surface area contributed by atoms with Crippen LogP contribution in [0.2, 0.25) is 0 Å². The quantitative estimate of drug-likeness (QED) is 0.357. The van der Waals surface area contributed by atoms with Crippen LogP contribution in [0.3, 0.4) is 0 Å². The number of benzene rings is 3. The first-order valence-electron chi connectivity index (χ1n) is 11.5. The fourth-order valence-electron chi connectivity index (χ4n) is 3.74. The molecule has 0 saturated heterocycles. The van der Waals surface area contributed by atoms with Crippen molar-refractivity contribution >= 4 is 28.4 Å². The van der Waals surface area contributed by atoms with Crippen LogP contribution in [0.25, 0.3) is 22.0 Å². The van der Waals surface area contributed by atoms with Gasteiger partial charge < -0.3 is 20.1 Å². The molecule has 0 atom stereocenters. The summed E-state index contributed by atoms with van der Waals surface area (Å²) in [6.07, 6.45) is 1.79. The lowest BCUT2D eigenvalue weighted by Crippen LogP contribution is -2.32. The summed E-state index contributed by atoms with van der Waals surface area (Å²) < 4.78 is 11.1. The molecular formula is C28H27N3O4.